The number of para-hydroxylation sites is 1. The van der Waals surface area contributed by atoms with Crippen molar-refractivity contribution in [2.45, 2.75) is 23.1 Å². The van der Waals surface area contributed by atoms with Crippen LogP contribution < -0.4 is 19.8 Å². The van der Waals surface area contributed by atoms with Crippen LogP contribution in [-0.4, -0.2) is 34.6 Å². The number of carbonyl (C=O) groups excluding carboxylic acids is 3. The van der Waals surface area contributed by atoms with Crippen LogP contribution in [0.15, 0.2) is 81.0 Å². The third kappa shape index (κ3) is 5.23. The number of fused-ring (bicyclic) bond motifs is 2. The quantitative estimate of drug-likeness (QED) is 0.245. The number of aromatic nitrogens is 1. The molecule has 12 heteroatoms. The molecule has 6 rings (SSSR count). The van der Waals surface area contributed by atoms with Crippen molar-refractivity contribution in [1.82, 2.24) is 4.98 Å². The van der Waals surface area contributed by atoms with Crippen molar-refractivity contribution in [2.24, 2.45) is 5.92 Å². The van der Waals surface area contributed by atoms with Gasteiger partial charge >= 0.3 is 4.87 Å². The number of H-pyrrole nitrogens is 1. The molecule has 3 atom stereocenters. The van der Waals surface area contributed by atoms with Gasteiger partial charge in [0, 0.05) is 31.5 Å². The highest BCUT2D eigenvalue weighted by molar-refractivity contribution is 9.10. The number of imide groups is 1. The van der Waals surface area contributed by atoms with E-state index in [0.717, 1.165) is 21.4 Å². The van der Waals surface area contributed by atoms with Crippen LogP contribution in [0.4, 0.5) is 11.4 Å². The zero-order valence-electron chi connectivity index (χ0n) is 21.4. The van der Waals surface area contributed by atoms with Crippen LogP contribution in [0.5, 0.6) is 5.75 Å². The molecule has 1 aromatic heterocycles. The van der Waals surface area contributed by atoms with E-state index in [9.17, 15) is 19.2 Å². The molecule has 0 aliphatic carbocycles. The zero-order chi connectivity index (χ0) is 28.8. The van der Waals surface area contributed by atoms with Crippen LogP contribution in [0.3, 0.4) is 0 Å². The molecule has 0 bridgehead atoms. The summed E-state index contributed by atoms with van der Waals surface area (Å²) in [6, 6.07) is 19.3. The van der Waals surface area contributed by atoms with E-state index < -0.39 is 17.1 Å². The van der Waals surface area contributed by atoms with E-state index in [1.54, 1.807) is 48.5 Å². The Morgan fingerprint density at radius 3 is 2.59 bits per heavy atom. The van der Waals surface area contributed by atoms with Crippen molar-refractivity contribution >= 4 is 79.7 Å². The van der Waals surface area contributed by atoms with Gasteiger partial charge in [0.1, 0.15) is 11.0 Å². The SMILES string of the molecule is Cc1ccccc1NC(=O)COc1ccc(Cl)cc1[C@H]1c2sc(=O)[nH]c2SC2C(=O)N(c3ccc(Br)cc3)C(=O)C21. The summed E-state index contributed by atoms with van der Waals surface area (Å²) < 4.78 is 6.82. The van der Waals surface area contributed by atoms with Crippen molar-refractivity contribution in [3.63, 3.8) is 0 Å². The molecule has 8 nitrogen and oxygen atoms in total. The Hall–Kier alpha value is -3.38. The Kier molecular flexibility index (Phi) is 7.54. The average Bonchev–Trinajstić information content (AvgIpc) is 3.44. The maximum Gasteiger partial charge on any atom is 0.305 e. The highest BCUT2D eigenvalue weighted by Gasteiger charge is 2.56. The minimum atomic E-state index is -0.822. The molecular weight excluding hydrogens is 650 g/mol. The lowest BCUT2D eigenvalue weighted by atomic mass is 9.82. The maximum atomic E-state index is 14.0. The number of thiazole rings is 1. The van der Waals surface area contributed by atoms with Gasteiger partial charge in [-0.05, 0) is 61.0 Å². The number of nitrogens with zero attached hydrogens (tertiary/aromatic N) is 1. The number of nitrogens with one attached hydrogen (secondary N) is 2. The van der Waals surface area contributed by atoms with Gasteiger partial charge in [0.15, 0.2) is 6.61 Å². The molecule has 2 unspecified atom stereocenters. The number of anilines is 2. The summed E-state index contributed by atoms with van der Waals surface area (Å²) in [6.45, 7) is 1.59. The fraction of sp³-hybridized carbons (Fsp3) is 0.172. The Morgan fingerprint density at radius 1 is 1.07 bits per heavy atom. The largest absolute Gasteiger partial charge is 0.483 e. The fourth-order valence-corrected chi connectivity index (χ4v) is 8.08. The number of aryl methyl sites for hydroxylation is 1. The number of carbonyl (C=O) groups is 3. The molecule has 0 radical (unpaired) electrons. The predicted octanol–water partition coefficient (Wildman–Crippen LogP) is 5.97. The summed E-state index contributed by atoms with van der Waals surface area (Å²) in [6.07, 6.45) is 0. The lowest BCUT2D eigenvalue weighted by Gasteiger charge is -2.31. The molecule has 208 valence electrons. The Morgan fingerprint density at radius 2 is 1.83 bits per heavy atom. The van der Waals surface area contributed by atoms with Gasteiger partial charge < -0.3 is 15.0 Å². The van der Waals surface area contributed by atoms with E-state index in [-0.39, 0.29) is 29.2 Å². The van der Waals surface area contributed by atoms with Crippen LogP contribution >= 0.6 is 50.6 Å². The van der Waals surface area contributed by atoms with E-state index in [1.165, 1.54) is 16.7 Å². The summed E-state index contributed by atoms with van der Waals surface area (Å²) in [4.78, 5) is 57.3. The van der Waals surface area contributed by atoms with Crippen molar-refractivity contribution in [1.29, 1.82) is 0 Å². The van der Waals surface area contributed by atoms with Crippen LogP contribution in [0, 0.1) is 12.8 Å². The highest BCUT2D eigenvalue weighted by atomic mass is 79.9. The van der Waals surface area contributed by atoms with E-state index in [1.807, 2.05) is 25.1 Å². The van der Waals surface area contributed by atoms with Crippen LogP contribution in [0.1, 0.15) is 21.9 Å². The molecule has 2 N–H and O–H groups in total. The number of thioether (sulfide) groups is 1. The second-order valence-corrected chi connectivity index (χ2v) is 13.1. The summed E-state index contributed by atoms with van der Waals surface area (Å²) in [7, 11) is 0. The molecule has 0 saturated carbocycles. The van der Waals surface area contributed by atoms with E-state index >= 15 is 0 Å². The minimum Gasteiger partial charge on any atom is -0.483 e. The van der Waals surface area contributed by atoms with E-state index in [0.29, 0.717) is 37.6 Å². The van der Waals surface area contributed by atoms with Gasteiger partial charge in [0.2, 0.25) is 11.8 Å². The van der Waals surface area contributed by atoms with Gasteiger partial charge in [-0.3, -0.25) is 19.2 Å². The zero-order valence-corrected chi connectivity index (χ0v) is 25.3. The molecule has 3 heterocycles. The third-order valence-electron chi connectivity index (χ3n) is 6.99. The predicted molar refractivity (Wildman–Crippen MR) is 163 cm³/mol. The van der Waals surface area contributed by atoms with Gasteiger partial charge in [-0.25, -0.2) is 4.90 Å². The number of benzene rings is 3. The van der Waals surface area contributed by atoms with Crippen molar-refractivity contribution in [2.75, 3.05) is 16.8 Å². The topological polar surface area (TPSA) is 109 Å². The minimum absolute atomic E-state index is 0.292. The first-order valence-electron chi connectivity index (χ1n) is 12.5. The Bertz CT molecular complexity index is 1760. The molecule has 1 saturated heterocycles. The molecule has 2 aliphatic rings. The molecular formula is C29H21BrClN3O5S2. The first kappa shape index (κ1) is 27.8. The first-order valence-corrected chi connectivity index (χ1v) is 15.4. The second kappa shape index (κ2) is 11.1. The fourth-order valence-electron chi connectivity index (χ4n) is 5.13. The molecule has 1 fully saturated rings. The number of rotatable bonds is 6. The number of halogens is 2. The van der Waals surface area contributed by atoms with Gasteiger partial charge in [0.05, 0.1) is 16.6 Å². The van der Waals surface area contributed by atoms with Crippen molar-refractivity contribution in [3.05, 3.63) is 102 Å². The normalized spacial score (nSPS) is 19.6. The molecule has 0 spiro atoms. The first-order chi connectivity index (χ1) is 19.7. The van der Waals surface area contributed by atoms with Crippen LogP contribution in [0.25, 0.3) is 0 Å². The molecule has 3 amide bonds. The molecule has 2 aliphatic heterocycles. The lowest BCUT2D eigenvalue weighted by molar-refractivity contribution is -0.122. The standard InChI is InChI=1S/C29H21BrClN3O5S2/c1-14-4-2-3-5-19(14)32-21(35)13-39-20-11-8-16(31)12-18(20)22-23-25(40-26-24(22)41-29(38)33-26)28(37)34(27(23)36)17-9-6-15(30)7-10-17/h2-12,22-23,25H,13H2,1H3,(H,32,35)(H,33,38)/t22-,23?,25?/m1/s1. The summed E-state index contributed by atoms with van der Waals surface area (Å²) in [5.41, 5.74) is 2.57. The maximum absolute atomic E-state index is 14.0. The highest BCUT2D eigenvalue weighted by Crippen LogP contribution is 2.54. The number of ether oxygens (including phenoxy) is 1. The van der Waals surface area contributed by atoms with Gasteiger partial charge in [0.25, 0.3) is 5.91 Å². The van der Waals surface area contributed by atoms with Crippen molar-refractivity contribution in [3.8, 4) is 5.75 Å². The van der Waals surface area contributed by atoms with Gasteiger partial charge in [-0.15, -0.1) is 0 Å². The summed E-state index contributed by atoms with van der Waals surface area (Å²) in [5, 5.41) is 2.99. The summed E-state index contributed by atoms with van der Waals surface area (Å²) in [5.74, 6) is -2.30. The van der Waals surface area contributed by atoms with Gasteiger partial charge in [-0.2, -0.15) is 0 Å². The smallest absolute Gasteiger partial charge is 0.305 e. The second-order valence-electron chi connectivity index (χ2n) is 9.57. The average molecular weight is 671 g/mol. The molecule has 4 aromatic rings. The summed E-state index contributed by atoms with van der Waals surface area (Å²) >= 11 is 12.0. The molecule has 3 aromatic carbocycles. The Balaban J connectivity index is 1.37. The van der Waals surface area contributed by atoms with Crippen LogP contribution in [0.2, 0.25) is 5.02 Å². The van der Waals surface area contributed by atoms with E-state index in [2.05, 4.69) is 26.2 Å². The number of amides is 3. The van der Waals surface area contributed by atoms with Crippen LogP contribution in [-0.2, 0) is 14.4 Å². The van der Waals surface area contributed by atoms with Gasteiger partial charge in [-0.1, -0.05) is 68.8 Å². The number of hydrogen-bond acceptors (Lipinski definition) is 7. The Labute approximate surface area is 256 Å². The monoisotopic (exact) mass is 669 g/mol. The third-order valence-corrected chi connectivity index (χ3v) is 10.2. The van der Waals surface area contributed by atoms with Crippen molar-refractivity contribution < 1.29 is 19.1 Å². The number of hydrogen-bond donors (Lipinski definition) is 2. The number of aromatic amines is 1. The van der Waals surface area contributed by atoms with E-state index in [4.69, 9.17) is 16.3 Å². The lowest BCUT2D eigenvalue weighted by Crippen LogP contribution is -2.32. The molecule has 41 heavy (non-hydrogen) atoms.